The highest BCUT2D eigenvalue weighted by molar-refractivity contribution is 6.31. The van der Waals surface area contributed by atoms with E-state index in [2.05, 4.69) is 20.2 Å². The van der Waals surface area contributed by atoms with Crippen LogP contribution in [0.4, 0.5) is 13.2 Å². The van der Waals surface area contributed by atoms with E-state index in [9.17, 15) is 18.0 Å². The molecule has 4 rings (SSSR count). The van der Waals surface area contributed by atoms with E-state index in [1.54, 1.807) is 18.7 Å². The predicted octanol–water partition coefficient (Wildman–Crippen LogP) is 4.29. The standard InChI is InChI=1S/C22H23ClF3N5O3/c1-13-20(14(2)33-28-13)21-27-18(29-34-21)12-30-6-3-7-31(9-8-30)19(32)11-15-10-16(22(24,25)26)4-5-17(15)23/h4-5,10H,3,6-9,11-12H2,1-2H3. The molecule has 0 spiro atoms. The minimum absolute atomic E-state index is 0.143. The fourth-order valence-electron chi connectivity index (χ4n) is 3.95. The molecule has 0 aliphatic carbocycles. The van der Waals surface area contributed by atoms with Crippen LogP contribution in [0.15, 0.2) is 27.2 Å². The van der Waals surface area contributed by atoms with Crippen LogP contribution in [-0.4, -0.2) is 57.2 Å². The summed E-state index contributed by atoms with van der Waals surface area (Å²) in [6, 6.07) is 3.03. The Morgan fingerprint density at radius 3 is 2.62 bits per heavy atom. The Hall–Kier alpha value is -2.92. The summed E-state index contributed by atoms with van der Waals surface area (Å²) in [7, 11) is 0. The molecule has 0 unspecified atom stereocenters. The third-order valence-corrected chi connectivity index (χ3v) is 6.11. The van der Waals surface area contributed by atoms with Crippen molar-refractivity contribution in [2.24, 2.45) is 0 Å². The van der Waals surface area contributed by atoms with Gasteiger partial charge in [0, 0.05) is 31.2 Å². The highest BCUT2D eigenvalue weighted by Crippen LogP contribution is 2.32. The van der Waals surface area contributed by atoms with Crippen molar-refractivity contribution in [2.45, 2.75) is 39.4 Å². The lowest BCUT2D eigenvalue weighted by atomic mass is 10.1. The highest BCUT2D eigenvalue weighted by atomic mass is 35.5. The molecule has 2 aromatic heterocycles. The lowest BCUT2D eigenvalue weighted by Gasteiger charge is -2.22. The first-order valence-corrected chi connectivity index (χ1v) is 11.1. The fourth-order valence-corrected chi connectivity index (χ4v) is 4.13. The van der Waals surface area contributed by atoms with Crippen molar-refractivity contribution in [2.75, 3.05) is 26.2 Å². The summed E-state index contributed by atoms with van der Waals surface area (Å²) in [6.45, 7) is 6.22. The van der Waals surface area contributed by atoms with E-state index in [1.165, 1.54) is 6.07 Å². The smallest absolute Gasteiger partial charge is 0.361 e. The molecule has 1 aliphatic rings. The van der Waals surface area contributed by atoms with Crippen LogP contribution in [0.5, 0.6) is 0 Å². The molecule has 1 saturated heterocycles. The largest absolute Gasteiger partial charge is 0.416 e. The molecule has 0 atom stereocenters. The summed E-state index contributed by atoms with van der Waals surface area (Å²) in [5, 5.41) is 8.08. The first-order chi connectivity index (χ1) is 16.1. The normalized spacial score (nSPS) is 15.5. The third kappa shape index (κ3) is 5.41. The number of hydrogen-bond donors (Lipinski definition) is 0. The number of aromatic nitrogens is 3. The summed E-state index contributed by atoms with van der Waals surface area (Å²) in [5.41, 5.74) is 0.691. The molecule has 1 aromatic carbocycles. The van der Waals surface area contributed by atoms with E-state index >= 15 is 0 Å². The molecular weight excluding hydrogens is 475 g/mol. The van der Waals surface area contributed by atoms with Crippen molar-refractivity contribution >= 4 is 17.5 Å². The molecule has 34 heavy (non-hydrogen) atoms. The second-order valence-corrected chi connectivity index (χ2v) is 8.61. The molecule has 0 saturated carbocycles. The summed E-state index contributed by atoms with van der Waals surface area (Å²) in [6.07, 6.45) is -3.98. The van der Waals surface area contributed by atoms with Crippen LogP contribution >= 0.6 is 11.6 Å². The van der Waals surface area contributed by atoms with E-state index < -0.39 is 11.7 Å². The van der Waals surface area contributed by atoms with Gasteiger partial charge < -0.3 is 13.9 Å². The van der Waals surface area contributed by atoms with Gasteiger partial charge in [0.1, 0.15) is 11.3 Å². The average molecular weight is 498 g/mol. The van der Waals surface area contributed by atoms with Gasteiger partial charge in [-0.05, 0) is 44.0 Å². The molecule has 3 aromatic rings. The summed E-state index contributed by atoms with van der Waals surface area (Å²) in [4.78, 5) is 21.0. The molecule has 8 nitrogen and oxygen atoms in total. The van der Waals surface area contributed by atoms with Crippen LogP contribution in [0.1, 0.15) is 34.8 Å². The second-order valence-electron chi connectivity index (χ2n) is 8.21. The minimum atomic E-state index is -4.49. The van der Waals surface area contributed by atoms with Gasteiger partial charge in [0.2, 0.25) is 5.91 Å². The average Bonchev–Trinajstić information content (AvgIpc) is 3.27. The number of nitrogens with zero attached hydrogens (tertiary/aromatic N) is 5. The molecule has 0 N–H and O–H groups in total. The highest BCUT2D eigenvalue weighted by Gasteiger charge is 2.31. The van der Waals surface area contributed by atoms with Gasteiger partial charge >= 0.3 is 6.18 Å². The second kappa shape index (κ2) is 9.75. The zero-order valence-corrected chi connectivity index (χ0v) is 19.4. The van der Waals surface area contributed by atoms with Crippen LogP contribution in [0.25, 0.3) is 11.5 Å². The Morgan fingerprint density at radius 1 is 1.12 bits per heavy atom. The summed E-state index contributed by atoms with van der Waals surface area (Å²) >= 11 is 6.05. The van der Waals surface area contributed by atoms with Crippen molar-refractivity contribution in [1.82, 2.24) is 25.1 Å². The lowest BCUT2D eigenvalue weighted by Crippen LogP contribution is -2.36. The van der Waals surface area contributed by atoms with Gasteiger partial charge in [-0.25, -0.2) is 0 Å². The summed E-state index contributed by atoms with van der Waals surface area (Å²) < 4.78 is 49.6. The van der Waals surface area contributed by atoms with Crippen LogP contribution in [0, 0.1) is 13.8 Å². The van der Waals surface area contributed by atoms with Crippen molar-refractivity contribution in [3.8, 4) is 11.5 Å². The number of aryl methyl sites for hydroxylation is 2. The number of alkyl halides is 3. The van der Waals surface area contributed by atoms with E-state index in [-0.39, 0.29) is 22.9 Å². The molecule has 0 radical (unpaired) electrons. The minimum Gasteiger partial charge on any atom is -0.361 e. The Balaban J connectivity index is 1.36. The van der Waals surface area contributed by atoms with Crippen LogP contribution in [0.3, 0.4) is 0 Å². The number of halogens is 4. The molecule has 1 aliphatic heterocycles. The number of carbonyl (C=O) groups excluding carboxylic acids is 1. The van der Waals surface area contributed by atoms with Gasteiger partial charge in [-0.1, -0.05) is 21.9 Å². The first-order valence-electron chi connectivity index (χ1n) is 10.7. The first kappa shape index (κ1) is 24.2. The lowest BCUT2D eigenvalue weighted by molar-refractivity contribution is -0.138. The SMILES string of the molecule is Cc1noc(C)c1-c1nc(CN2CCCN(C(=O)Cc3cc(C(F)(F)F)ccc3Cl)CC2)no1. The molecule has 0 bridgehead atoms. The monoisotopic (exact) mass is 497 g/mol. The Kier molecular flexibility index (Phi) is 6.94. The van der Waals surface area contributed by atoms with Gasteiger partial charge in [0.25, 0.3) is 5.89 Å². The Labute approximate surface area is 198 Å². The van der Waals surface area contributed by atoms with Crippen molar-refractivity contribution in [3.63, 3.8) is 0 Å². The van der Waals surface area contributed by atoms with Crippen molar-refractivity contribution < 1.29 is 27.0 Å². The predicted molar refractivity (Wildman–Crippen MR) is 116 cm³/mol. The van der Waals surface area contributed by atoms with Crippen LogP contribution in [0.2, 0.25) is 5.02 Å². The maximum Gasteiger partial charge on any atom is 0.416 e. The quantitative estimate of drug-likeness (QED) is 0.519. The van der Waals surface area contributed by atoms with Gasteiger partial charge in [-0.3, -0.25) is 9.69 Å². The zero-order chi connectivity index (χ0) is 24.5. The van der Waals surface area contributed by atoms with Crippen molar-refractivity contribution in [3.05, 3.63) is 51.6 Å². The van der Waals surface area contributed by atoms with Gasteiger partial charge in [0.15, 0.2) is 5.82 Å². The maximum absolute atomic E-state index is 13.0. The molecule has 1 fully saturated rings. The number of amides is 1. The van der Waals surface area contributed by atoms with Gasteiger partial charge in [-0.2, -0.15) is 18.2 Å². The van der Waals surface area contributed by atoms with E-state index in [4.69, 9.17) is 20.6 Å². The van der Waals surface area contributed by atoms with Gasteiger partial charge in [-0.15, -0.1) is 0 Å². The van der Waals surface area contributed by atoms with Gasteiger partial charge in [0.05, 0.1) is 24.2 Å². The number of benzene rings is 1. The fraction of sp³-hybridized carbons (Fsp3) is 0.455. The molecule has 12 heteroatoms. The molecule has 3 heterocycles. The Bertz CT molecular complexity index is 1160. The number of carbonyl (C=O) groups is 1. The molecule has 1 amide bonds. The zero-order valence-electron chi connectivity index (χ0n) is 18.7. The summed E-state index contributed by atoms with van der Waals surface area (Å²) in [5.74, 6) is 1.18. The van der Waals surface area contributed by atoms with E-state index in [1.807, 2.05) is 0 Å². The van der Waals surface area contributed by atoms with Crippen LogP contribution < -0.4 is 0 Å². The van der Waals surface area contributed by atoms with Crippen LogP contribution in [-0.2, 0) is 23.9 Å². The van der Waals surface area contributed by atoms with E-state index in [0.29, 0.717) is 67.9 Å². The number of hydrogen-bond acceptors (Lipinski definition) is 7. The Morgan fingerprint density at radius 2 is 1.91 bits per heavy atom. The molecular formula is C22H23ClF3N5O3. The maximum atomic E-state index is 13.0. The van der Waals surface area contributed by atoms with E-state index in [0.717, 1.165) is 12.1 Å². The topological polar surface area (TPSA) is 88.5 Å². The number of rotatable bonds is 5. The third-order valence-electron chi connectivity index (χ3n) is 5.74. The van der Waals surface area contributed by atoms with Crippen molar-refractivity contribution in [1.29, 1.82) is 0 Å². The molecule has 182 valence electrons.